The van der Waals surface area contributed by atoms with Crippen molar-refractivity contribution in [1.82, 2.24) is 30.8 Å². The van der Waals surface area contributed by atoms with E-state index in [0.717, 1.165) is 38.1 Å². The van der Waals surface area contributed by atoms with Crippen LogP contribution in [0, 0.1) is 11.8 Å². The molecular weight excluding hydrogens is 605 g/mol. The van der Waals surface area contributed by atoms with Crippen LogP contribution in [0.2, 0.25) is 0 Å². The summed E-state index contributed by atoms with van der Waals surface area (Å²) in [6, 6.07) is 1.88. The third kappa shape index (κ3) is 12.9. The number of hydrogen-bond acceptors (Lipinski definition) is 10. The van der Waals surface area contributed by atoms with Gasteiger partial charge in [0, 0.05) is 50.4 Å². The van der Waals surface area contributed by atoms with Crippen molar-refractivity contribution in [2.45, 2.75) is 103 Å². The Morgan fingerprint density at radius 2 is 1.70 bits per heavy atom. The quantitative estimate of drug-likeness (QED) is 0.108. The van der Waals surface area contributed by atoms with E-state index in [1.165, 1.54) is 64.2 Å². The van der Waals surface area contributed by atoms with Crippen LogP contribution >= 0.6 is 7.60 Å². The van der Waals surface area contributed by atoms with Crippen LogP contribution in [-0.2, 0) is 9.36 Å². The zero-order valence-electron chi connectivity index (χ0n) is 28.3. The highest BCUT2D eigenvalue weighted by molar-refractivity contribution is 7.51. The van der Waals surface area contributed by atoms with E-state index in [1.807, 2.05) is 30.6 Å². The zero-order valence-corrected chi connectivity index (χ0v) is 29.2. The molecule has 0 aromatic carbocycles. The van der Waals surface area contributed by atoms with Gasteiger partial charge in [-0.3, -0.25) is 14.3 Å². The predicted molar refractivity (Wildman–Crippen MR) is 185 cm³/mol. The molecule has 2 aliphatic carbocycles. The Labute approximate surface area is 275 Å². The third-order valence-corrected chi connectivity index (χ3v) is 10.3. The van der Waals surface area contributed by atoms with Crippen molar-refractivity contribution >= 4 is 31.1 Å². The first-order valence-corrected chi connectivity index (χ1v) is 19.3. The zero-order chi connectivity index (χ0) is 33.2. The van der Waals surface area contributed by atoms with Crippen LogP contribution in [0.15, 0.2) is 6.07 Å². The average Bonchev–Trinajstić information content (AvgIpc) is 3.00. The van der Waals surface area contributed by atoms with Crippen molar-refractivity contribution in [2.24, 2.45) is 11.8 Å². The van der Waals surface area contributed by atoms with Crippen LogP contribution in [0.5, 0.6) is 0 Å². The molecule has 1 saturated heterocycles. The van der Waals surface area contributed by atoms with Crippen LogP contribution in [0.3, 0.4) is 0 Å². The molecule has 4 rings (SSSR count). The van der Waals surface area contributed by atoms with Gasteiger partial charge >= 0.3 is 7.60 Å². The fraction of sp³-hybridized carbons (Fsp3) is 0.844. The maximum absolute atomic E-state index is 13.3. The summed E-state index contributed by atoms with van der Waals surface area (Å²) in [4.78, 5) is 45.2. The minimum atomic E-state index is -4.19. The number of nitrogen functional groups attached to an aromatic ring is 1. The molecule has 3 aliphatic rings. The lowest BCUT2D eigenvalue weighted by atomic mass is 9.82. The van der Waals surface area contributed by atoms with E-state index in [0.29, 0.717) is 43.1 Å². The van der Waals surface area contributed by atoms with E-state index in [-0.39, 0.29) is 18.6 Å². The van der Waals surface area contributed by atoms with Crippen molar-refractivity contribution in [2.75, 3.05) is 74.5 Å². The van der Waals surface area contributed by atoms with Gasteiger partial charge in [0.05, 0.1) is 6.16 Å². The van der Waals surface area contributed by atoms with Crippen molar-refractivity contribution in [3.8, 4) is 0 Å². The fourth-order valence-electron chi connectivity index (χ4n) is 6.96. The molecule has 1 aromatic rings. The second-order valence-electron chi connectivity index (χ2n) is 14.7. The lowest BCUT2D eigenvalue weighted by Gasteiger charge is -2.42. The Kier molecular flexibility index (Phi) is 13.9. The van der Waals surface area contributed by atoms with E-state index in [2.05, 4.69) is 26.3 Å². The summed E-state index contributed by atoms with van der Waals surface area (Å²) < 4.78 is 11.6. The molecule has 0 unspecified atom stereocenters. The highest BCUT2D eigenvalue weighted by atomic mass is 31.2. The van der Waals surface area contributed by atoms with E-state index >= 15 is 0 Å². The van der Waals surface area contributed by atoms with Crippen LogP contribution in [0.25, 0.3) is 0 Å². The number of nitrogens with one attached hydrogen (secondary N) is 4. The first-order chi connectivity index (χ1) is 21.8. The van der Waals surface area contributed by atoms with Gasteiger partial charge in [-0.2, -0.15) is 9.97 Å². The molecule has 3 fully saturated rings. The maximum atomic E-state index is 13.3. The lowest BCUT2D eigenvalue weighted by molar-refractivity contribution is -0.128. The smallest absolute Gasteiger partial charge is 0.326 e. The molecule has 1 aromatic heterocycles. The maximum Gasteiger partial charge on any atom is 0.326 e. The molecule has 1 atom stereocenters. The molecular formula is C32H60N9O4P. The SMILES string of the molecule is CC(C)(C)NC(=O)[C@@H]1CN(c2cc(N)nc(NCC3CCC(CNCCCNC4CCCCC4)CC3)n2)CCN1CCP(=O)(O)O. The molecule has 14 heteroatoms. The van der Waals surface area contributed by atoms with Crippen LogP contribution in [0.4, 0.5) is 17.6 Å². The first-order valence-electron chi connectivity index (χ1n) is 17.5. The summed E-state index contributed by atoms with van der Waals surface area (Å²) in [6.07, 6.45) is 12.6. The van der Waals surface area contributed by atoms with Crippen LogP contribution in [0.1, 0.15) is 85.0 Å². The Morgan fingerprint density at radius 1 is 1.00 bits per heavy atom. The molecule has 1 aliphatic heterocycles. The van der Waals surface area contributed by atoms with Gasteiger partial charge in [-0.25, -0.2) is 0 Å². The molecule has 0 spiro atoms. The minimum Gasteiger partial charge on any atom is -0.383 e. The second-order valence-corrected chi connectivity index (χ2v) is 16.5. The van der Waals surface area contributed by atoms with Gasteiger partial charge in [-0.05, 0) is 97.2 Å². The summed E-state index contributed by atoms with van der Waals surface area (Å²) in [6.45, 7) is 11.3. The minimum absolute atomic E-state index is 0.134. The van der Waals surface area contributed by atoms with Crippen molar-refractivity contribution < 1.29 is 19.1 Å². The molecule has 0 radical (unpaired) electrons. The number of piperazine rings is 1. The van der Waals surface area contributed by atoms with Crippen molar-refractivity contribution in [3.05, 3.63) is 6.07 Å². The number of aromatic nitrogens is 2. The number of hydrogen-bond donors (Lipinski definition) is 7. The molecule has 2 saturated carbocycles. The van der Waals surface area contributed by atoms with Gasteiger partial charge < -0.3 is 41.7 Å². The fourth-order valence-corrected chi connectivity index (χ4v) is 7.48. The summed E-state index contributed by atoms with van der Waals surface area (Å²) in [5, 5.41) is 13.9. The molecule has 0 bridgehead atoms. The molecule has 13 nitrogen and oxygen atoms in total. The predicted octanol–water partition coefficient (Wildman–Crippen LogP) is 2.76. The number of amides is 1. The van der Waals surface area contributed by atoms with E-state index in [9.17, 15) is 19.1 Å². The third-order valence-electron chi connectivity index (χ3n) is 9.54. The van der Waals surface area contributed by atoms with Gasteiger partial charge in [-0.15, -0.1) is 0 Å². The monoisotopic (exact) mass is 665 g/mol. The van der Waals surface area contributed by atoms with Gasteiger partial charge in [0.1, 0.15) is 17.7 Å². The molecule has 8 N–H and O–H groups in total. The van der Waals surface area contributed by atoms with Crippen molar-refractivity contribution in [3.63, 3.8) is 0 Å². The summed E-state index contributed by atoms with van der Waals surface area (Å²) >= 11 is 0. The molecule has 2 heterocycles. The van der Waals surface area contributed by atoms with Crippen molar-refractivity contribution in [1.29, 1.82) is 0 Å². The highest BCUT2D eigenvalue weighted by Crippen LogP contribution is 2.34. The normalized spacial score (nSPS) is 23.8. The number of nitrogens with zero attached hydrogens (tertiary/aromatic N) is 4. The van der Waals surface area contributed by atoms with Gasteiger partial charge in [0.15, 0.2) is 0 Å². The summed E-state index contributed by atoms with van der Waals surface area (Å²) in [5.74, 6) is 2.60. The van der Waals surface area contributed by atoms with E-state index in [4.69, 9.17) is 10.7 Å². The lowest BCUT2D eigenvalue weighted by Crippen LogP contribution is -2.61. The van der Waals surface area contributed by atoms with Gasteiger partial charge in [0.25, 0.3) is 0 Å². The number of anilines is 3. The number of carbonyl (C=O) groups excluding carboxylic acids is 1. The Bertz CT molecular complexity index is 1130. The number of nitrogens with two attached hydrogens (primary N) is 1. The van der Waals surface area contributed by atoms with Crippen LogP contribution in [-0.4, -0.2) is 107 Å². The number of rotatable bonds is 15. The number of carbonyl (C=O) groups is 1. The largest absolute Gasteiger partial charge is 0.383 e. The highest BCUT2D eigenvalue weighted by Gasteiger charge is 2.35. The Morgan fingerprint density at radius 3 is 2.37 bits per heavy atom. The molecule has 46 heavy (non-hydrogen) atoms. The van der Waals surface area contributed by atoms with Gasteiger partial charge in [0.2, 0.25) is 11.9 Å². The topological polar surface area (TPSA) is 181 Å². The van der Waals surface area contributed by atoms with Gasteiger partial charge in [-0.1, -0.05) is 19.3 Å². The summed E-state index contributed by atoms with van der Waals surface area (Å²) in [7, 11) is -4.19. The van der Waals surface area contributed by atoms with E-state index < -0.39 is 19.2 Å². The first kappa shape index (κ1) is 36.8. The molecule has 262 valence electrons. The standard InChI is InChI=1S/C32H60N9O4P/c1-32(2,3)39-30(42)27-23-41(17-16-40(27)18-19-46(43,44)45)29-20-28(33)37-31(38-29)36-22-25-12-10-24(11-13-25)21-34-14-7-15-35-26-8-5-4-6-9-26/h20,24-27,34-35H,4-19,21-23H2,1-3H3,(H,39,42)(H2,43,44,45)(H3,33,36,37,38)/t24?,25?,27-/m0/s1. The summed E-state index contributed by atoms with van der Waals surface area (Å²) in [5.41, 5.74) is 5.76. The second kappa shape index (κ2) is 17.4. The Hall–Kier alpha value is -2.02. The van der Waals surface area contributed by atoms with E-state index in [1.54, 1.807) is 6.07 Å². The Balaban J connectivity index is 1.21. The van der Waals surface area contributed by atoms with Crippen LogP contribution < -0.4 is 31.9 Å². The average molecular weight is 666 g/mol. The molecule has 1 amide bonds.